The summed E-state index contributed by atoms with van der Waals surface area (Å²) in [6, 6.07) is 5.39. The van der Waals surface area contributed by atoms with Crippen LogP contribution < -0.4 is 5.32 Å². The minimum atomic E-state index is -0.0268. The summed E-state index contributed by atoms with van der Waals surface area (Å²) >= 11 is 11.9. The third-order valence-electron chi connectivity index (χ3n) is 5.27. The lowest BCUT2D eigenvalue weighted by Crippen LogP contribution is -2.64. The highest BCUT2D eigenvalue weighted by Gasteiger charge is 2.47. The fourth-order valence-electron chi connectivity index (χ4n) is 4.52. The van der Waals surface area contributed by atoms with Crippen LogP contribution in [0.4, 0.5) is 0 Å². The van der Waals surface area contributed by atoms with Crippen molar-refractivity contribution in [1.29, 1.82) is 0 Å². The lowest BCUT2D eigenvalue weighted by Gasteiger charge is -2.55. The summed E-state index contributed by atoms with van der Waals surface area (Å²) in [6.07, 6.45) is 2.53. The zero-order valence-corrected chi connectivity index (χ0v) is 14.4. The molecule has 3 heterocycles. The Hall–Kier alpha value is -0.480. The maximum absolute atomic E-state index is 12.5. The molecule has 0 unspecified atom stereocenters. The van der Waals surface area contributed by atoms with E-state index in [2.05, 4.69) is 10.2 Å². The number of carbonyl (C=O) groups excluding carboxylic acids is 1. The Morgan fingerprint density at radius 2 is 1.77 bits per heavy atom. The largest absolute Gasteiger partial charge is 0.349 e. The average Bonchev–Trinajstić information content (AvgIpc) is 2.45. The van der Waals surface area contributed by atoms with E-state index in [1.165, 1.54) is 19.4 Å². The van der Waals surface area contributed by atoms with Crippen LogP contribution >= 0.6 is 35.6 Å². The summed E-state index contributed by atoms with van der Waals surface area (Å²) in [5, 5.41) is 4.17. The van der Waals surface area contributed by atoms with Gasteiger partial charge in [-0.2, -0.15) is 0 Å². The van der Waals surface area contributed by atoms with Crippen LogP contribution in [-0.2, 0) is 0 Å². The molecule has 1 N–H and O–H groups in total. The molecule has 3 saturated heterocycles. The van der Waals surface area contributed by atoms with E-state index in [4.69, 9.17) is 23.2 Å². The predicted octanol–water partition coefficient (Wildman–Crippen LogP) is 3.49. The van der Waals surface area contributed by atoms with Crippen molar-refractivity contribution in [3.05, 3.63) is 33.8 Å². The van der Waals surface area contributed by atoms with Crippen LogP contribution in [-0.4, -0.2) is 36.5 Å². The molecule has 1 aromatic carbocycles. The van der Waals surface area contributed by atoms with Gasteiger partial charge < -0.3 is 10.2 Å². The van der Waals surface area contributed by atoms with E-state index in [-0.39, 0.29) is 18.3 Å². The van der Waals surface area contributed by atoms with Crippen molar-refractivity contribution in [2.24, 2.45) is 17.8 Å². The molecule has 1 aromatic rings. The molecule has 1 amide bonds. The highest BCUT2D eigenvalue weighted by atomic mass is 35.5. The number of hydrogen-bond acceptors (Lipinski definition) is 2. The van der Waals surface area contributed by atoms with Crippen LogP contribution in [0.3, 0.4) is 0 Å². The Morgan fingerprint density at radius 3 is 2.36 bits per heavy atom. The third-order valence-corrected chi connectivity index (χ3v) is 6.01. The molecule has 1 saturated carbocycles. The molecule has 3 nitrogen and oxygen atoms in total. The first-order chi connectivity index (χ1) is 10.1. The predicted molar refractivity (Wildman–Crippen MR) is 91.1 cm³/mol. The Morgan fingerprint density at radius 1 is 1.09 bits per heavy atom. The first-order valence-electron chi connectivity index (χ1n) is 7.58. The molecule has 4 bridgehead atoms. The van der Waals surface area contributed by atoms with Gasteiger partial charge in [0.1, 0.15) is 0 Å². The molecule has 1 aliphatic carbocycles. The number of piperidine rings is 3. The quantitative estimate of drug-likeness (QED) is 0.874. The molecular weight excluding hydrogens is 343 g/mol. The van der Waals surface area contributed by atoms with Crippen LogP contribution in [0, 0.1) is 17.8 Å². The number of hydrogen-bond donors (Lipinski definition) is 1. The van der Waals surface area contributed by atoms with E-state index in [0.29, 0.717) is 33.5 Å². The van der Waals surface area contributed by atoms with Gasteiger partial charge >= 0.3 is 0 Å². The average molecular weight is 362 g/mol. The molecular formula is C16H19Cl3N2O. The Bertz CT molecular complexity index is 565. The summed E-state index contributed by atoms with van der Waals surface area (Å²) in [5.41, 5.74) is 0.596. The summed E-state index contributed by atoms with van der Waals surface area (Å²) in [7, 11) is 0. The number of nitrogens with one attached hydrogen (secondary N) is 1. The minimum Gasteiger partial charge on any atom is -0.349 e. The molecule has 0 spiro atoms. The number of halogens is 3. The van der Waals surface area contributed by atoms with Gasteiger partial charge in [-0.25, -0.2) is 0 Å². The first-order valence-corrected chi connectivity index (χ1v) is 8.34. The summed E-state index contributed by atoms with van der Waals surface area (Å²) in [6.45, 7) is 3.54. The molecule has 22 heavy (non-hydrogen) atoms. The fraction of sp³-hybridized carbons (Fsp3) is 0.562. The molecule has 3 aliphatic heterocycles. The van der Waals surface area contributed by atoms with Crippen molar-refractivity contribution in [3.8, 4) is 0 Å². The van der Waals surface area contributed by atoms with Gasteiger partial charge in [0.25, 0.3) is 5.91 Å². The number of carbonyl (C=O) groups is 1. The van der Waals surface area contributed by atoms with E-state index >= 15 is 0 Å². The molecule has 4 aliphatic rings. The number of rotatable bonds is 2. The van der Waals surface area contributed by atoms with Gasteiger partial charge in [0.05, 0.1) is 10.0 Å². The van der Waals surface area contributed by atoms with E-state index in [0.717, 1.165) is 19.0 Å². The highest BCUT2D eigenvalue weighted by Crippen LogP contribution is 2.43. The number of amides is 1. The Kier molecular flexibility index (Phi) is 4.61. The molecule has 2 atom stereocenters. The van der Waals surface area contributed by atoms with Crippen molar-refractivity contribution in [1.82, 2.24) is 10.2 Å². The van der Waals surface area contributed by atoms with Crippen LogP contribution in [0.25, 0.3) is 0 Å². The Balaban J connectivity index is 0.00000144. The topological polar surface area (TPSA) is 32.3 Å². The molecule has 120 valence electrons. The second-order valence-corrected chi connectivity index (χ2v) is 7.52. The minimum absolute atomic E-state index is 0. The SMILES string of the molecule is Cl.O=C(NC1[C@@H]2CC3C[C@@H]1CN(C3)C2)c1ccc(Cl)c(Cl)c1. The second-order valence-electron chi connectivity index (χ2n) is 6.70. The molecule has 0 aromatic heterocycles. The summed E-state index contributed by atoms with van der Waals surface area (Å²) in [4.78, 5) is 15.0. The summed E-state index contributed by atoms with van der Waals surface area (Å²) < 4.78 is 0. The van der Waals surface area contributed by atoms with E-state index < -0.39 is 0 Å². The van der Waals surface area contributed by atoms with Crippen molar-refractivity contribution in [3.63, 3.8) is 0 Å². The number of benzene rings is 1. The molecule has 0 radical (unpaired) electrons. The van der Waals surface area contributed by atoms with Gasteiger partial charge in [0.2, 0.25) is 0 Å². The van der Waals surface area contributed by atoms with Gasteiger partial charge in [0, 0.05) is 31.2 Å². The van der Waals surface area contributed by atoms with Crippen molar-refractivity contribution in [2.75, 3.05) is 19.6 Å². The van der Waals surface area contributed by atoms with Crippen molar-refractivity contribution >= 4 is 41.5 Å². The van der Waals surface area contributed by atoms with Gasteiger partial charge in [-0.05, 0) is 48.8 Å². The normalized spacial score (nSPS) is 35.1. The fourth-order valence-corrected chi connectivity index (χ4v) is 4.81. The van der Waals surface area contributed by atoms with Gasteiger partial charge in [-0.1, -0.05) is 23.2 Å². The standard InChI is InChI=1S/C16H18Cl2N2O.ClH/c17-13-2-1-10(5-14(13)18)16(21)19-15-11-3-9-4-12(15)8-20(6-9)7-11;/h1-2,5,9,11-12,15H,3-4,6-8H2,(H,19,21);1H/t9?,11-,12-,15?;/m1./s1. The van der Waals surface area contributed by atoms with Crippen LogP contribution in [0.1, 0.15) is 23.2 Å². The van der Waals surface area contributed by atoms with Gasteiger partial charge in [-0.3, -0.25) is 4.79 Å². The summed E-state index contributed by atoms with van der Waals surface area (Å²) in [5.74, 6) is 2.05. The molecule has 6 heteroatoms. The monoisotopic (exact) mass is 360 g/mol. The van der Waals surface area contributed by atoms with Gasteiger partial charge in [0.15, 0.2) is 0 Å². The van der Waals surface area contributed by atoms with E-state index in [9.17, 15) is 4.79 Å². The van der Waals surface area contributed by atoms with Crippen LogP contribution in [0.5, 0.6) is 0 Å². The maximum atomic E-state index is 12.5. The van der Waals surface area contributed by atoms with Gasteiger partial charge in [-0.15, -0.1) is 12.4 Å². The smallest absolute Gasteiger partial charge is 0.251 e. The van der Waals surface area contributed by atoms with Crippen LogP contribution in [0.15, 0.2) is 18.2 Å². The lowest BCUT2D eigenvalue weighted by molar-refractivity contribution is -0.0418. The first kappa shape index (κ1) is 16.4. The van der Waals surface area contributed by atoms with Crippen molar-refractivity contribution in [2.45, 2.75) is 18.9 Å². The number of nitrogens with zero attached hydrogens (tertiary/aromatic N) is 1. The van der Waals surface area contributed by atoms with Crippen molar-refractivity contribution < 1.29 is 4.79 Å². The second kappa shape index (κ2) is 6.20. The maximum Gasteiger partial charge on any atom is 0.251 e. The Labute approximate surface area is 146 Å². The lowest BCUT2D eigenvalue weighted by atomic mass is 9.65. The van der Waals surface area contributed by atoms with E-state index in [1.807, 2.05) is 0 Å². The zero-order chi connectivity index (χ0) is 14.6. The van der Waals surface area contributed by atoms with Crippen LogP contribution in [0.2, 0.25) is 10.0 Å². The highest BCUT2D eigenvalue weighted by molar-refractivity contribution is 6.42. The zero-order valence-electron chi connectivity index (χ0n) is 12.1. The third kappa shape index (κ3) is 2.84. The molecule has 4 fully saturated rings. The molecule has 5 rings (SSSR count). The van der Waals surface area contributed by atoms with E-state index in [1.54, 1.807) is 18.2 Å².